The molecule has 1 amide bonds. The van der Waals surface area contributed by atoms with Crippen molar-refractivity contribution >= 4 is 28.3 Å². The summed E-state index contributed by atoms with van der Waals surface area (Å²) in [5, 5.41) is 4.58. The predicted octanol–water partition coefficient (Wildman–Crippen LogP) is 4.34. The van der Waals surface area contributed by atoms with Crippen molar-refractivity contribution in [3.8, 4) is 5.75 Å². The maximum Gasteiger partial charge on any atom is 0.342 e. The van der Waals surface area contributed by atoms with E-state index in [1.54, 1.807) is 24.3 Å². The van der Waals surface area contributed by atoms with E-state index in [-0.39, 0.29) is 5.56 Å². The van der Waals surface area contributed by atoms with Crippen LogP contribution in [0.3, 0.4) is 0 Å². The van der Waals surface area contributed by atoms with Crippen LogP contribution >= 0.6 is 0 Å². The number of carbonyl (C=O) groups excluding carboxylic acids is 2. The maximum atomic E-state index is 12.6. The Hall–Kier alpha value is -3.34. The molecule has 27 heavy (non-hydrogen) atoms. The molecule has 1 atom stereocenters. The molecule has 0 bridgehead atoms. The first-order valence-corrected chi connectivity index (χ1v) is 8.63. The number of benzene rings is 3. The third kappa shape index (κ3) is 4.26. The van der Waals surface area contributed by atoms with E-state index in [1.165, 1.54) is 14.0 Å². The zero-order valence-corrected chi connectivity index (χ0v) is 15.5. The molecule has 0 aliphatic carbocycles. The third-order valence-corrected chi connectivity index (χ3v) is 4.26. The van der Waals surface area contributed by atoms with Crippen molar-refractivity contribution in [1.29, 1.82) is 0 Å². The van der Waals surface area contributed by atoms with Crippen LogP contribution in [-0.4, -0.2) is 25.1 Å². The minimum atomic E-state index is -0.949. The summed E-state index contributed by atoms with van der Waals surface area (Å²) in [6.07, 6.45) is -0.949. The summed E-state index contributed by atoms with van der Waals surface area (Å²) in [6, 6.07) is 18.5. The van der Waals surface area contributed by atoms with Gasteiger partial charge in [0.25, 0.3) is 5.91 Å². The standard InChI is InChI=1S/C22H21NO4/c1-14-8-10-18(11-9-14)23-21(24)15(2)27-22(25)19-12-16-6-4-5-7-17(16)13-20(19)26-3/h4-13,15H,1-3H3,(H,23,24)/t15-/m0/s1. The Kier molecular flexibility index (Phi) is 5.41. The summed E-state index contributed by atoms with van der Waals surface area (Å²) >= 11 is 0. The number of aryl methyl sites for hydroxylation is 1. The smallest absolute Gasteiger partial charge is 0.342 e. The van der Waals surface area contributed by atoms with Crippen molar-refractivity contribution in [2.24, 2.45) is 0 Å². The first kappa shape index (κ1) is 18.5. The Bertz CT molecular complexity index is 979. The highest BCUT2D eigenvalue weighted by Crippen LogP contribution is 2.27. The lowest BCUT2D eigenvalue weighted by Crippen LogP contribution is -2.30. The van der Waals surface area contributed by atoms with E-state index >= 15 is 0 Å². The van der Waals surface area contributed by atoms with E-state index < -0.39 is 18.0 Å². The van der Waals surface area contributed by atoms with Gasteiger partial charge in [0.15, 0.2) is 6.10 Å². The highest BCUT2D eigenvalue weighted by molar-refractivity contribution is 6.01. The van der Waals surface area contributed by atoms with Crippen LogP contribution in [0.4, 0.5) is 5.69 Å². The second-order valence-corrected chi connectivity index (χ2v) is 6.30. The van der Waals surface area contributed by atoms with Crippen molar-refractivity contribution in [2.75, 3.05) is 12.4 Å². The average molecular weight is 363 g/mol. The SMILES string of the molecule is COc1cc2ccccc2cc1C(=O)O[C@@H](C)C(=O)Nc1ccc(C)cc1. The Morgan fingerprint density at radius 3 is 2.22 bits per heavy atom. The van der Waals surface area contributed by atoms with E-state index in [4.69, 9.17) is 9.47 Å². The van der Waals surface area contributed by atoms with Gasteiger partial charge in [0.1, 0.15) is 11.3 Å². The summed E-state index contributed by atoms with van der Waals surface area (Å²) < 4.78 is 10.7. The first-order valence-electron chi connectivity index (χ1n) is 8.63. The largest absolute Gasteiger partial charge is 0.496 e. The van der Waals surface area contributed by atoms with Gasteiger partial charge in [-0.3, -0.25) is 4.79 Å². The van der Waals surface area contributed by atoms with Gasteiger partial charge < -0.3 is 14.8 Å². The van der Waals surface area contributed by atoms with Gasteiger partial charge in [-0.15, -0.1) is 0 Å². The fraction of sp³-hybridized carbons (Fsp3) is 0.182. The normalized spacial score (nSPS) is 11.7. The molecule has 0 fully saturated rings. The van der Waals surface area contributed by atoms with Crippen LogP contribution in [0.5, 0.6) is 5.75 Å². The molecule has 138 valence electrons. The van der Waals surface area contributed by atoms with Crippen molar-refractivity contribution < 1.29 is 19.1 Å². The topological polar surface area (TPSA) is 64.6 Å². The van der Waals surface area contributed by atoms with Crippen molar-refractivity contribution in [2.45, 2.75) is 20.0 Å². The van der Waals surface area contributed by atoms with E-state index in [2.05, 4.69) is 5.32 Å². The van der Waals surface area contributed by atoms with Gasteiger partial charge in [-0.25, -0.2) is 4.79 Å². The highest BCUT2D eigenvalue weighted by Gasteiger charge is 2.22. The molecule has 0 saturated carbocycles. The number of rotatable bonds is 5. The number of nitrogens with one attached hydrogen (secondary N) is 1. The van der Waals surface area contributed by atoms with Crippen LogP contribution in [0.25, 0.3) is 10.8 Å². The number of amides is 1. The average Bonchev–Trinajstić information content (AvgIpc) is 2.68. The molecule has 0 spiro atoms. The molecule has 0 radical (unpaired) electrons. The molecular weight excluding hydrogens is 342 g/mol. The second-order valence-electron chi connectivity index (χ2n) is 6.30. The van der Waals surface area contributed by atoms with Crippen molar-refractivity contribution in [1.82, 2.24) is 0 Å². The van der Waals surface area contributed by atoms with Crippen LogP contribution in [0.1, 0.15) is 22.8 Å². The molecule has 1 N–H and O–H groups in total. The van der Waals surface area contributed by atoms with Gasteiger partial charge >= 0.3 is 5.97 Å². The zero-order valence-electron chi connectivity index (χ0n) is 15.5. The molecule has 3 aromatic rings. The van der Waals surface area contributed by atoms with E-state index in [0.717, 1.165) is 16.3 Å². The summed E-state index contributed by atoms with van der Waals surface area (Å²) in [7, 11) is 1.49. The first-order chi connectivity index (χ1) is 13.0. The van der Waals surface area contributed by atoms with Gasteiger partial charge in [0.2, 0.25) is 0 Å². The maximum absolute atomic E-state index is 12.6. The Balaban J connectivity index is 1.74. The van der Waals surface area contributed by atoms with Gasteiger partial charge in [0, 0.05) is 5.69 Å². The van der Waals surface area contributed by atoms with Crippen LogP contribution in [0.2, 0.25) is 0 Å². The number of ether oxygens (including phenoxy) is 2. The molecule has 0 aliphatic rings. The van der Waals surface area contributed by atoms with Crippen LogP contribution < -0.4 is 10.1 Å². The minimum absolute atomic E-state index is 0.284. The van der Waals surface area contributed by atoms with Gasteiger partial charge in [-0.2, -0.15) is 0 Å². The van der Waals surface area contributed by atoms with E-state index in [0.29, 0.717) is 11.4 Å². The molecule has 0 saturated heterocycles. The highest BCUT2D eigenvalue weighted by atomic mass is 16.5. The lowest BCUT2D eigenvalue weighted by molar-refractivity contribution is -0.123. The number of fused-ring (bicyclic) bond motifs is 1. The molecule has 5 heteroatoms. The monoisotopic (exact) mass is 363 g/mol. The van der Waals surface area contributed by atoms with Gasteiger partial charge in [-0.05, 0) is 48.9 Å². The van der Waals surface area contributed by atoms with E-state index in [9.17, 15) is 9.59 Å². The van der Waals surface area contributed by atoms with Crippen LogP contribution in [0, 0.1) is 6.92 Å². The second kappa shape index (κ2) is 7.91. The number of esters is 1. The van der Waals surface area contributed by atoms with Crippen LogP contribution in [-0.2, 0) is 9.53 Å². The molecule has 0 aliphatic heterocycles. The molecular formula is C22H21NO4. The summed E-state index contributed by atoms with van der Waals surface area (Å²) in [4.78, 5) is 24.9. The Labute approximate surface area is 157 Å². The fourth-order valence-electron chi connectivity index (χ4n) is 2.71. The lowest BCUT2D eigenvalue weighted by atomic mass is 10.1. The quantitative estimate of drug-likeness (QED) is 0.685. The van der Waals surface area contributed by atoms with Gasteiger partial charge in [-0.1, -0.05) is 42.0 Å². The lowest BCUT2D eigenvalue weighted by Gasteiger charge is -2.15. The number of hydrogen-bond donors (Lipinski definition) is 1. The molecule has 0 unspecified atom stereocenters. The molecule has 0 heterocycles. The Morgan fingerprint density at radius 2 is 1.59 bits per heavy atom. The van der Waals surface area contributed by atoms with E-state index in [1.807, 2.05) is 43.3 Å². The van der Waals surface area contributed by atoms with Crippen LogP contribution in [0.15, 0.2) is 60.7 Å². The van der Waals surface area contributed by atoms with Crippen molar-refractivity contribution in [3.05, 3.63) is 71.8 Å². The molecule has 0 aromatic heterocycles. The number of hydrogen-bond acceptors (Lipinski definition) is 4. The van der Waals surface area contributed by atoms with Gasteiger partial charge in [0.05, 0.1) is 7.11 Å². The summed E-state index contributed by atoms with van der Waals surface area (Å²) in [5.74, 6) is -0.596. The minimum Gasteiger partial charge on any atom is -0.496 e. The van der Waals surface area contributed by atoms with Crippen molar-refractivity contribution in [3.63, 3.8) is 0 Å². The number of carbonyl (C=O) groups is 2. The summed E-state index contributed by atoms with van der Waals surface area (Å²) in [5.41, 5.74) is 2.03. The number of anilines is 1. The summed E-state index contributed by atoms with van der Waals surface area (Å²) in [6.45, 7) is 3.50. The third-order valence-electron chi connectivity index (χ3n) is 4.26. The molecule has 3 aromatic carbocycles. The zero-order chi connectivity index (χ0) is 19.4. The predicted molar refractivity (Wildman–Crippen MR) is 105 cm³/mol. The molecule has 3 rings (SSSR count). The fourth-order valence-corrected chi connectivity index (χ4v) is 2.71. The molecule has 5 nitrogen and oxygen atoms in total. The number of methoxy groups -OCH3 is 1. The Morgan fingerprint density at radius 1 is 0.963 bits per heavy atom.